The summed E-state index contributed by atoms with van der Waals surface area (Å²) in [4.78, 5) is 4.18. The lowest BCUT2D eigenvalue weighted by atomic mass is 10.0. The summed E-state index contributed by atoms with van der Waals surface area (Å²) in [5, 5.41) is 5.34. The molecule has 0 spiro atoms. The summed E-state index contributed by atoms with van der Waals surface area (Å²) in [6, 6.07) is 4.33. The Balaban J connectivity index is 2.65. The quantitative estimate of drug-likeness (QED) is 0.600. The van der Waals surface area contributed by atoms with Crippen molar-refractivity contribution < 1.29 is 0 Å². The van der Waals surface area contributed by atoms with E-state index in [0.29, 0.717) is 0 Å². The van der Waals surface area contributed by atoms with E-state index in [0.717, 1.165) is 6.42 Å². The predicted molar refractivity (Wildman–Crippen MR) is 59.3 cm³/mol. The minimum Gasteiger partial charge on any atom is -0.264 e. The molecule has 1 aliphatic rings. The molecule has 0 aliphatic heterocycles. The second-order valence-corrected chi connectivity index (χ2v) is 3.75. The summed E-state index contributed by atoms with van der Waals surface area (Å²) in [7, 11) is 0. The van der Waals surface area contributed by atoms with Crippen LogP contribution in [0.5, 0.6) is 0 Å². The molecule has 1 heteroatoms. The molecule has 1 aromatic carbocycles. The molecule has 0 radical (unpaired) electrons. The van der Waals surface area contributed by atoms with Gasteiger partial charge in [0.25, 0.3) is 0 Å². The van der Waals surface area contributed by atoms with Crippen LogP contribution in [-0.4, -0.2) is 4.98 Å². The van der Waals surface area contributed by atoms with Gasteiger partial charge in [-0.3, -0.25) is 4.98 Å². The molecule has 0 unspecified atom stereocenters. The monoisotopic (exact) mass is 181 g/mol. The van der Waals surface area contributed by atoms with Crippen LogP contribution in [0.4, 0.5) is 0 Å². The molecule has 0 amide bonds. The van der Waals surface area contributed by atoms with Gasteiger partial charge < -0.3 is 0 Å². The van der Waals surface area contributed by atoms with Crippen molar-refractivity contribution in [1.82, 2.24) is 4.98 Å². The fourth-order valence-corrected chi connectivity index (χ4v) is 2.19. The van der Waals surface area contributed by atoms with Gasteiger partial charge in [-0.25, -0.2) is 0 Å². The maximum atomic E-state index is 4.18. The Morgan fingerprint density at radius 2 is 2.21 bits per heavy atom. The Labute approximate surface area is 82.4 Å². The fraction of sp³-hybridized carbons (Fsp3) is 0.154. The van der Waals surface area contributed by atoms with Gasteiger partial charge in [0, 0.05) is 17.8 Å². The zero-order valence-electron chi connectivity index (χ0n) is 8.12. The minimum atomic E-state index is 1.07. The maximum Gasteiger partial charge on any atom is 0.0349 e. The van der Waals surface area contributed by atoms with Gasteiger partial charge in [0.05, 0.1) is 0 Å². The van der Waals surface area contributed by atoms with Crippen molar-refractivity contribution in [2.24, 2.45) is 0 Å². The van der Waals surface area contributed by atoms with Crippen LogP contribution in [-0.2, 0) is 0 Å². The van der Waals surface area contributed by atoms with E-state index in [9.17, 15) is 0 Å². The molecule has 0 bridgehead atoms. The lowest BCUT2D eigenvalue weighted by Gasteiger charge is -2.01. The molecule has 0 saturated carbocycles. The largest absolute Gasteiger partial charge is 0.264 e. The number of nitrogens with zero attached hydrogens (tertiary/aromatic N) is 1. The fourth-order valence-electron chi connectivity index (χ4n) is 2.19. The smallest absolute Gasteiger partial charge is 0.0349 e. The second-order valence-electron chi connectivity index (χ2n) is 3.75. The van der Waals surface area contributed by atoms with Crippen molar-refractivity contribution in [3.8, 4) is 0 Å². The van der Waals surface area contributed by atoms with Crippen molar-refractivity contribution in [2.75, 3.05) is 0 Å². The Morgan fingerprint density at radius 3 is 3.14 bits per heavy atom. The minimum absolute atomic E-state index is 1.07. The third kappa shape index (κ3) is 0.925. The number of pyridine rings is 1. The van der Waals surface area contributed by atoms with E-state index in [2.05, 4.69) is 36.2 Å². The molecular weight excluding hydrogens is 170 g/mol. The number of rotatable bonds is 0. The highest BCUT2D eigenvalue weighted by molar-refractivity contribution is 5.85. The van der Waals surface area contributed by atoms with Crippen LogP contribution in [0, 0.1) is 6.92 Å². The van der Waals surface area contributed by atoms with Gasteiger partial charge in [-0.2, -0.15) is 0 Å². The summed E-state index contributed by atoms with van der Waals surface area (Å²) in [6.45, 7) is 2.18. The van der Waals surface area contributed by atoms with Crippen molar-refractivity contribution >= 4 is 22.9 Å². The van der Waals surface area contributed by atoms with E-state index in [-0.39, 0.29) is 0 Å². The van der Waals surface area contributed by atoms with Gasteiger partial charge in [0.15, 0.2) is 0 Å². The van der Waals surface area contributed by atoms with E-state index < -0.39 is 0 Å². The number of aryl methyl sites for hydroxylation is 1. The zero-order valence-corrected chi connectivity index (χ0v) is 8.12. The summed E-state index contributed by atoms with van der Waals surface area (Å²) in [6.07, 6.45) is 9.45. The first-order chi connectivity index (χ1) is 6.86. The maximum absolute atomic E-state index is 4.18. The van der Waals surface area contributed by atoms with Gasteiger partial charge in [-0.1, -0.05) is 12.2 Å². The Hall–Kier alpha value is -1.63. The van der Waals surface area contributed by atoms with E-state index >= 15 is 0 Å². The van der Waals surface area contributed by atoms with Crippen LogP contribution in [0.2, 0.25) is 0 Å². The van der Waals surface area contributed by atoms with Crippen molar-refractivity contribution in [2.45, 2.75) is 13.3 Å². The summed E-state index contributed by atoms with van der Waals surface area (Å²) in [5.41, 5.74) is 1.36. The first kappa shape index (κ1) is 7.74. The van der Waals surface area contributed by atoms with Crippen LogP contribution >= 0.6 is 0 Å². The molecule has 0 N–H and O–H groups in total. The zero-order chi connectivity index (χ0) is 9.54. The van der Waals surface area contributed by atoms with E-state index in [1.807, 2.05) is 12.4 Å². The van der Waals surface area contributed by atoms with Gasteiger partial charge in [-0.15, -0.1) is 0 Å². The molecule has 14 heavy (non-hydrogen) atoms. The SMILES string of the molecule is Cc1c2c(cc3ccncc13)=CCC=2. The average molecular weight is 181 g/mol. The van der Waals surface area contributed by atoms with Crippen molar-refractivity contribution in [3.63, 3.8) is 0 Å². The molecular formula is C13H11N. The number of aromatic nitrogens is 1. The lowest BCUT2D eigenvalue weighted by molar-refractivity contribution is 1.33. The molecule has 2 aromatic rings. The molecule has 68 valence electrons. The Bertz CT molecular complexity index is 623. The van der Waals surface area contributed by atoms with Gasteiger partial charge in [-0.05, 0) is 46.9 Å². The third-order valence-electron chi connectivity index (χ3n) is 2.94. The molecule has 3 rings (SSSR count). The van der Waals surface area contributed by atoms with Crippen LogP contribution < -0.4 is 10.4 Å². The summed E-state index contributed by atoms with van der Waals surface area (Å²) in [5.74, 6) is 0. The Kier molecular flexibility index (Phi) is 1.48. The van der Waals surface area contributed by atoms with Crippen LogP contribution in [0.1, 0.15) is 12.0 Å². The highest BCUT2D eigenvalue weighted by Crippen LogP contribution is 2.12. The van der Waals surface area contributed by atoms with E-state index in [4.69, 9.17) is 0 Å². The molecule has 0 atom stereocenters. The molecule has 1 aliphatic carbocycles. The number of hydrogen-bond acceptors (Lipinski definition) is 1. The van der Waals surface area contributed by atoms with Crippen molar-refractivity contribution in [3.05, 3.63) is 40.5 Å². The molecule has 0 saturated heterocycles. The van der Waals surface area contributed by atoms with Crippen LogP contribution in [0.25, 0.3) is 22.9 Å². The molecule has 1 heterocycles. The van der Waals surface area contributed by atoms with Crippen LogP contribution in [0.3, 0.4) is 0 Å². The first-order valence-electron chi connectivity index (χ1n) is 4.90. The van der Waals surface area contributed by atoms with Gasteiger partial charge >= 0.3 is 0 Å². The molecule has 1 nitrogen and oxygen atoms in total. The lowest BCUT2D eigenvalue weighted by Crippen LogP contribution is -2.24. The number of benzene rings is 1. The molecule has 0 fully saturated rings. The number of fused-ring (bicyclic) bond motifs is 2. The molecule has 1 aromatic heterocycles. The Morgan fingerprint density at radius 1 is 1.29 bits per heavy atom. The average Bonchev–Trinajstić information content (AvgIpc) is 2.66. The highest BCUT2D eigenvalue weighted by atomic mass is 14.6. The topological polar surface area (TPSA) is 12.9 Å². The van der Waals surface area contributed by atoms with E-state index in [1.165, 1.54) is 26.8 Å². The first-order valence-corrected chi connectivity index (χ1v) is 4.90. The summed E-state index contributed by atoms with van der Waals surface area (Å²) < 4.78 is 0. The highest BCUT2D eigenvalue weighted by Gasteiger charge is 2.02. The standard InChI is InChI=1S/C13H11N/c1-9-12-4-2-3-10(12)7-11-5-6-14-8-13(9)11/h3-8H,2H2,1H3. The third-order valence-corrected chi connectivity index (χ3v) is 2.94. The van der Waals surface area contributed by atoms with Gasteiger partial charge in [0.2, 0.25) is 0 Å². The van der Waals surface area contributed by atoms with Gasteiger partial charge in [0.1, 0.15) is 0 Å². The summed E-state index contributed by atoms with van der Waals surface area (Å²) >= 11 is 0. The van der Waals surface area contributed by atoms with Crippen LogP contribution in [0.15, 0.2) is 24.5 Å². The second kappa shape index (κ2) is 2.68. The van der Waals surface area contributed by atoms with Crippen molar-refractivity contribution in [1.29, 1.82) is 0 Å². The normalized spacial score (nSPS) is 13.5. The number of hydrogen-bond donors (Lipinski definition) is 0. The van der Waals surface area contributed by atoms with E-state index in [1.54, 1.807) is 0 Å². The predicted octanol–water partition coefficient (Wildman–Crippen LogP) is 1.51.